The fraction of sp³-hybridized carbons (Fsp3) is 0.207. The van der Waals surface area contributed by atoms with Crippen LogP contribution in [0.2, 0.25) is 0 Å². The van der Waals surface area contributed by atoms with Crippen molar-refractivity contribution in [2.45, 2.75) is 44.3 Å². The first-order valence-corrected chi connectivity index (χ1v) is 13.0. The molecule has 0 bridgehead atoms. The first kappa shape index (κ1) is 24.8. The van der Waals surface area contributed by atoms with Crippen LogP contribution in [0.5, 0.6) is 5.75 Å². The van der Waals surface area contributed by atoms with E-state index in [1.807, 2.05) is 49.4 Å². The van der Waals surface area contributed by atoms with Crippen LogP contribution in [0.4, 0.5) is 10.3 Å². The zero-order valence-corrected chi connectivity index (χ0v) is 21.7. The molecule has 37 heavy (non-hydrogen) atoms. The smallest absolute Gasteiger partial charge is 0.227 e. The molecule has 1 atom stereocenters. The number of thioether (sulfide) groups is 1. The van der Waals surface area contributed by atoms with Gasteiger partial charge >= 0.3 is 0 Å². The molecule has 1 aliphatic heterocycles. The molecule has 1 unspecified atom stereocenters. The second-order valence-corrected chi connectivity index (χ2v) is 9.95. The Kier molecular flexibility index (Phi) is 7.10. The fourth-order valence-corrected chi connectivity index (χ4v) is 5.16. The van der Waals surface area contributed by atoms with Gasteiger partial charge < -0.3 is 10.1 Å². The third kappa shape index (κ3) is 5.44. The number of rotatable bonds is 8. The number of halogens is 1. The van der Waals surface area contributed by atoms with Gasteiger partial charge in [0.15, 0.2) is 5.78 Å². The van der Waals surface area contributed by atoms with Crippen molar-refractivity contribution in [3.63, 3.8) is 0 Å². The second-order valence-electron chi connectivity index (χ2n) is 9.01. The highest BCUT2D eigenvalue weighted by Gasteiger charge is 2.33. The average molecular weight is 515 g/mol. The molecule has 1 aromatic heterocycles. The number of carbonyl (C=O) groups is 1. The van der Waals surface area contributed by atoms with Crippen molar-refractivity contribution < 1.29 is 13.9 Å². The summed E-state index contributed by atoms with van der Waals surface area (Å²) in [5.41, 5.74) is 5.07. The first-order chi connectivity index (χ1) is 17.9. The zero-order chi connectivity index (χ0) is 25.9. The lowest BCUT2D eigenvalue weighted by molar-refractivity contribution is -0.114. The van der Waals surface area contributed by atoms with Gasteiger partial charge in [0.05, 0.1) is 0 Å². The van der Waals surface area contributed by atoms with Gasteiger partial charge in [-0.25, -0.2) is 9.07 Å². The van der Waals surface area contributed by atoms with Crippen molar-refractivity contribution >= 4 is 23.5 Å². The Bertz CT molecular complexity index is 1480. The number of aryl methyl sites for hydroxylation is 1. The lowest BCUT2D eigenvalue weighted by Crippen LogP contribution is -2.27. The van der Waals surface area contributed by atoms with Gasteiger partial charge in [0.1, 0.15) is 24.2 Å². The third-order valence-electron chi connectivity index (χ3n) is 6.23. The minimum Gasteiger partial charge on any atom is -0.489 e. The minimum absolute atomic E-state index is 0.0531. The van der Waals surface area contributed by atoms with E-state index >= 15 is 0 Å². The van der Waals surface area contributed by atoms with E-state index in [4.69, 9.17) is 9.84 Å². The molecule has 3 aromatic carbocycles. The van der Waals surface area contributed by atoms with E-state index in [1.54, 1.807) is 23.7 Å². The molecule has 188 valence electrons. The summed E-state index contributed by atoms with van der Waals surface area (Å²) in [5, 5.41) is 8.42. The number of allylic oxidation sites excluding steroid dienone is 2. The Balaban J connectivity index is 1.43. The summed E-state index contributed by atoms with van der Waals surface area (Å²) >= 11 is 1.35. The minimum atomic E-state index is -0.466. The van der Waals surface area contributed by atoms with Crippen LogP contribution in [0.25, 0.3) is 0 Å². The summed E-state index contributed by atoms with van der Waals surface area (Å²) in [7, 11) is 0. The van der Waals surface area contributed by atoms with Crippen molar-refractivity contribution in [1.82, 2.24) is 14.8 Å². The van der Waals surface area contributed by atoms with Crippen LogP contribution >= 0.6 is 11.8 Å². The highest BCUT2D eigenvalue weighted by atomic mass is 32.2. The monoisotopic (exact) mass is 514 g/mol. The largest absolute Gasteiger partial charge is 0.489 e. The molecule has 2 heterocycles. The molecule has 8 heteroatoms. The molecule has 1 aliphatic rings. The molecule has 1 N–H and O–H groups in total. The molecule has 0 amide bonds. The van der Waals surface area contributed by atoms with Crippen LogP contribution < -0.4 is 10.1 Å². The molecule has 6 nitrogen and oxygen atoms in total. The molecule has 0 spiro atoms. The summed E-state index contributed by atoms with van der Waals surface area (Å²) in [4.78, 5) is 17.4. The van der Waals surface area contributed by atoms with Crippen molar-refractivity contribution in [3.05, 3.63) is 112 Å². The number of aromatic nitrogens is 3. The number of nitrogens with zero attached hydrogens (tertiary/aromatic N) is 3. The zero-order valence-electron chi connectivity index (χ0n) is 20.9. The Labute approximate surface area is 219 Å². The van der Waals surface area contributed by atoms with Gasteiger partial charge in [-0.2, -0.15) is 4.98 Å². The number of benzene rings is 3. The van der Waals surface area contributed by atoms with Crippen LogP contribution in [-0.4, -0.2) is 20.5 Å². The predicted molar refractivity (Wildman–Crippen MR) is 143 cm³/mol. The standard InChI is InChI=1S/C29H27FN4O2S/c1-18-11-13-21(14-12-18)16-36-24-9-6-8-22(15-24)27-26(20(3)35)19(2)31-28-32-29(33-34(27)28)37-17-23-7-4-5-10-25(23)30/h4-15,27H,16-17H2,1-3H3,(H,31,32,33). The molecule has 0 radical (unpaired) electrons. The van der Waals surface area contributed by atoms with E-state index in [2.05, 4.69) is 29.4 Å². The summed E-state index contributed by atoms with van der Waals surface area (Å²) in [6.45, 7) is 5.92. The van der Waals surface area contributed by atoms with E-state index < -0.39 is 6.04 Å². The Morgan fingerprint density at radius 3 is 2.62 bits per heavy atom. The molecular weight excluding hydrogens is 487 g/mol. The normalized spacial score (nSPS) is 14.8. The molecule has 0 saturated carbocycles. The number of carbonyl (C=O) groups excluding carboxylic acids is 1. The highest BCUT2D eigenvalue weighted by molar-refractivity contribution is 7.98. The van der Waals surface area contributed by atoms with Gasteiger partial charge in [0.2, 0.25) is 11.1 Å². The van der Waals surface area contributed by atoms with Crippen LogP contribution in [0, 0.1) is 12.7 Å². The first-order valence-electron chi connectivity index (χ1n) is 12.0. The van der Waals surface area contributed by atoms with Gasteiger partial charge in [-0.3, -0.25) is 4.79 Å². The van der Waals surface area contributed by atoms with Crippen molar-refractivity contribution in [1.29, 1.82) is 0 Å². The SMILES string of the molecule is CC(=O)C1=C(C)Nc2nc(SCc3ccccc3F)nn2C1c1cccc(OCc2ccc(C)cc2)c1. The quantitative estimate of drug-likeness (QED) is 0.272. The average Bonchev–Trinajstić information content (AvgIpc) is 3.29. The molecule has 0 aliphatic carbocycles. The van der Waals surface area contributed by atoms with E-state index in [0.717, 1.165) is 16.8 Å². The fourth-order valence-electron chi connectivity index (χ4n) is 4.34. The van der Waals surface area contributed by atoms with Crippen LogP contribution in [0.1, 0.15) is 42.1 Å². The predicted octanol–water partition coefficient (Wildman–Crippen LogP) is 6.47. The maximum atomic E-state index is 14.1. The number of ether oxygens (including phenoxy) is 1. The molecular formula is C29H27FN4O2S. The molecule has 0 saturated heterocycles. The summed E-state index contributed by atoms with van der Waals surface area (Å²) < 4.78 is 21.9. The molecule has 4 aromatic rings. The Hall–Kier alpha value is -3.91. The van der Waals surface area contributed by atoms with Crippen molar-refractivity contribution in [2.75, 3.05) is 5.32 Å². The third-order valence-corrected chi connectivity index (χ3v) is 7.11. The maximum absolute atomic E-state index is 14.1. The van der Waals surface area contributed by atoms with Crippen LogP contribution in [0.3, 0.4) is 0 Å². The van der Waals surface area contributed by atoms with Crippen molar-refractivity contribution in [3.8, 4) is 5.75 Å². The number of hydrogen-bond donors (Lipinski definition) is 1. The molecule has 0 fully saturated rings. The van der Waals surface area contributed by atoms with Gasteiger partial charge in [-0.05, 0) is 55.7 Å². The number of anilines is 1. The summed E-state index contributed by atoms with van der Waals surface area (Å²) in [5.74, 6) is 1.33. The van der Waals surface area contributed by atoms with Crippen molar-refractivity contribution in [2.24, 2.45) is 0 Å². The van der Waals surface area contributed by atoms with Gasteiger partial charge in [-0.15, -0.1) is 5.10 Å². The number of fused-ring (bicyclic) bond motifs is 1. The van der Waals surface area contributed by atoms with E-state index in [9.17, 15) is 9.18 Å². The summed E-state index contributed by atoms with van der Waals surface area (Å²) in [6, 6.07) is 22.1. The van der Waals surface area contributed by atoms with Gasteiger partial charge in [0.25, 0.3) is 0 Å². The van der Waals surface area contributed by atoms with Gasteiger partial charge in [-0.1, -0.05) is 71.9 Å². The van der Waals surface area contributed by atoms with Crippen LogP contribution in [0.15, 0.2) is 89.2 Å². The lowest BCUT2D eigenvalue weighted by atomic mass is 9.93. The highest BCUT2D eigenvalue weighted by Crippen LogP contribution is 2.38. The second kappa shape index (κ2) is 10.6. The lowest BCUT2D eigenvalue weighted by Gasteiger charge is -2.28. The van der Waals surface area contributed by atoms with E-state index in [-0.39, 0.29) is 11.6 Å². The number of ketones is 1. The van der Waals surface area contributed by atoms with Crippen LogP contribution in [-0.2, 0) is 17.2 Å². The Morgan fingerprint density at radius 2 is 1.86 bits per heavy atom. The summed E-state index contributed by atoms with van der Waals surface area (Å²) in [6.07, 6.45) is 0. The number of nitrogens with one attached hydrogen (secondary N) is 1. The number of hydrogen-bond acceptors (Lipinski definition) is 6. The molecule has 5 rings (SSSR count). The van der Waals surface area contributed by atoms with Gasteiger partial charge in [0, 0.05) is 17.0 Å². The Morgan fingerprint density at radius 1 is 1.08 bits per heavy atom. The number of Topliss-reactive ketones (excluding diaryl/α,β-unsaturated/α-hetero) is 1. The van der Waals surface area contributed by atoms with E-state index in [1.165, 1.54) is 23.4 Å². The van der Waals surface area contributed by atoms with E-state index in [0.29, 0.717) is 40.4 Å². The maximum Gasteiger partial charge on any atom is 0.227 e. The topological polar surface area (TPSA) is 69.0 Å².